The molecule has 1 fully saturated rings. The van der Waals surface area contributed by atoms with Crippen LogP contribution in [0.25, 0.3) is 0 Å². The molecule has 1 amide bonds. The van der Waals surface area contributed by atoms with Crippen molar-refractivity contribution in [2.24, 2.45) is 0 Å². The molecule has 0 spiro atoms. The standard InChI is InChI=1S/C19H17NO3/c1-2-20-16(21)12-18(13-8-4-3-5-9-13)17(22)14-10-6-7-11-15(14)19(18,20)23/h3-11,23H,2,12H2,1H3. The summed E-state index contributed by atoms with van der Waals surface area (Å²) in [5.41, 5.74) is -1.15. The van der Waals surface area contributed by atoms with Gasteiger partial charge >= 0.3 is 0 Å². The first-order chi connectivity index (χ1) is 11.1. The first-order valence-corrected chi connectivity index (χ1v) is 7.80. The first kappa shape index (κ1) is 14.2. The van der Waals surface area contributed by atoms with Crippen molar-refractivity contribution in [2.75, 3.05) is 6.54 Å². The van der Waals surface area contributed by atoms with Crippen LogP contribution in [0, 0.1) is 0 Å². The molecule has 1 saturated heterocycles. The Morgan fingerprint density at radius 2 is 1.70 bits per heavy atom. The Morgan fingerprint density at radius 1 is 1.04 bits per heavy atom. The van der Waals surface area contributed by atoms with Crippen LogP contribution in [0.5, 0.6) is 0 Å². The molecule has 0 bridgehead atoms. The smallest absolute Gasteiger partial charge is 0.226 e. The molecule has 2 aromatic rings. The summed E-state index contributed by atoms with van der Waals surface area (Å²) in [5, 5.41) is 11.7. The maximum absolute atomic E-state index is 13.3. The number of hydrogen-bond acceptors (Lipinski definition) is 3. The van der Waals surface area contributed by atoms with Crippen LogP contribution in [0.4, 0.5) is 0 Å². The molecular weight excluding hydrogens is 290 g/mol. The van der Waals surface area contributed by atoms with Crippen molar-refractivity contribution in [1.29, 1.82) is 0 Å². The average molecular weight is 307 g/mol. The summed E-state index contributed by atoms with van der Waals surface area (Å²) in [5.74, 6) is -0.368. The molecule has 0 radical (unpaired) electrons. The molecule has 4 heteroatoms. The van der Waals surface area contributed by atoms with E-state index in [1.54, 1.807) is 24.3 Å². The van der Waals surface area contributed by atoms with Crippen LogP contribution in [0.3, 0.4) is 0 Å². The Kier molecular flexibility index (Phi) is 2.78. The quantitative estimate of drug-likeness (QED) is 0.925. The number of rotatable bonds is 2. The van der Waals surface area contributed by atoms with E-state index in [4.69, 9.17) is 0 Å². The normalized spacial score (nSPS) is 28.9. The van der Waals surface area contributed by atoms with Crippen molar-refractivity contribution >= 4 is 11.7 Å². The predicted octanol–water partition coefficient (Wildman–Crippen LogP) is 2.22. The lowest BCUT2D eigenvalue weighted by atomic mass is 9.71. The molecule has 2 aliphatic rings. The highest BCUT2D eigenvalue weighted by molar-refractivity contribution is 6.14. The van der Waals surface area contributed by atoms with Crippen LogP contribution >= 0.6 is 0 Å². The van der Waals surface area contributed by atoms with Gasteiger partial charge in [0.15, 0.2) is 11.5 Å². The molecule has 0 saturated carbocycles. The van der Waals surface area contributed by atoms with Gasteiger partial charge in [0.05, 0.1) is 0 Å². The molecule has 2 unspecified atom stereocenters. The van der Waals surface area contributed by atoms with Gasteiger partial charge in [-0.15, -0.1) is 0 Å². The van der Waals surface area contributed by atoms with E-state index in [1.807, 2.05) is 37.3 Å². The van der Waals surface area contributed by atoms with E-state index in [1.165, 1.54) is 4.90 Å². The fraction of sp³-hybridized carbons (Fsp3) is 0.263. The van der Waals surface area contributed by atoms with E-state index >= 15 is 0 Å². The highest BCUT2D eigenvalue weighted by Gasteiger charge is 2.71. The monoisotopic (exact) mass is 307 g/mol. The fourth-order valence-corrected chi connectivity index (χ4v) is 4.25. The lowest BCUT2D eigenvalue weighted by Gasteiger charge is -2.39. The third-order valence-electron chi connectivity index (χ3n) is 5.22. The molecule has 2 aromatic carbocycles. The van der Waals surface area contributed by atoms with Gasteiger partial charge in [-0.25, -0.2) is 0 Å². The molecule has 1 aliphatic carbocycles. The zero-order valence-electron chi connectivity index (χ0n) is 12.8. The van der Waals surface area contributed by atoms with Gasteiger partial charge in [-0.3, -0.25) is 9.59 Å². The van der Waals surface area contributed by atoms with Crippen molar-refractivity contribution in [3.63, 3.8) is 0 Å². The third-order valence-corrected chi connectivity index (χ3v) is 5.22. The van der Waals surface area contributed by atoms with E-state index in [0.29, 0.717) is 23.2 Å². The van der Waals surface area contributed by atoms with Crippen molar-refractivity contribution in [2.45, 2.75) is 24.5 Å². The van der Waals surface area contributed by atoms with Gasteiger partial charge in [-0.05, 0) is 12.5 Å². The Hall–Kier alpha value is -2.46. The number of nitrogens with zero attached hydrogens (tertiary/aromatic N) is 1. The second-order valence-corrected chi connectivity index (χ2v) is 6.13. The highest BCUT2D eigenvalue weighted by atomic mass is 16.3. The van der Waals surface area contributed by atoms with Gasteiger partial charge < -0.3 is 10.0 Å². The Labute approximate surface area is 134 Å². The zero-order valence-corrected chi connectivity index (χ0v) is 12.8. The molecule has 23 heavy (non-hydrogen) atoms. The van der Waals surface area contributed by atoms with Crippen LogP contribution in [0.1, 0.15) is 34.8 Å². The molecule has 4 nitrogen and oxygen atoms in total. The third kappa shape index (κ3) is 1.44. The molecule has 0 aromatic heterocycles. The predicted molar refractivity (Wildman–Crippen MR) is 84.8 cm³/mol. The zero-order chi connectivity index (χ0) is 16.2. The number of Topliss-reactive ketones (excluding diaryl/α,β-unsaturated/α-hetero) is 1. The lowest BCUT2D eigenvalue weighted by molar-refractivity contribution is -0.151. The molecule has 1 heterocycles. The molecule has 1 aliphatic heterocycles. The average Bonchev–Trinajstić information content (AvgIpc) is 2.93. The number of carbonyl (C=O) groups is 2. The number of aliphatic hydroxyl groups is 1. The maximum atomic E-state index is 13.3. The summed E-state index contributed by atoms with van der Waals surface area (Å²) in [4.78, 5) is 27.3. The summed E-state index contributed by atoms with van der Waals surface area (Å²) < 4.78 is 0. The van der Waals surface area contributed by atoms with Gasteiger partial charge in [-0.2, -0.15) is 0 Å². The molecule has 4 rings (SSSR count). The first-order valence-electron chi connectivity index (χ1n) is 7.80. The van der Waals surface area contributed by atoms with Crippen molar-refractivity contribution in [3.05, 3.63) is 71.3 Å². The minimum absolute atomic E-state index is 0.00509. The molecule has 1 N–H and O–H groups in total. The Bertz CT molecular complexity index is 816. The summed E-state index contributed by atoms with van der Waals surface area (Å²) in [7, 11) is 0. The SMILES string of the molecule is CCN1C(=O)CC2(c3ccccc3)C(=O)c3ccccc3C12O. The Balaban J connectivity index is 2.08. The van der Waals surface area contributed by atoms with Crippen molar-refractivity contribution in [3.8, 4) is 0 Å². The van der Waals surface area contributed by atoms with Gasteiger partial charge in [0.25, 0.3) is 0 Å². The van der Waals surface area contributed by atoms with Crippen LogP contribution in [0.15, 0.2) is 54.6 Å². The van der Waals surface area contributed by atoms with Crippen molar-refractivity contribution < 1.29 is 14.7 Å². The van der Waals surface area contributed by atoms with E-state index in [-0.39, 0.29) is 18.1 Å². The van der Waals surface area contributed by atoms with E-state index in [0.717, 1.165) is 0 Å². The second kappa shape index (κ2) is 4.52. The topological polar surface area (TPSA) is 57.6 Å². The van der Waals surface area contributed by atoms with Crippen molar-refractivity contribution in [1.82, 2.24) is 4.90 Å². The minimum Gasteiger partial charge on any atom is -0.366 e. The van der Waals surface area contributed by atoms with Gasteiger partial charge in [0.1, 0.15) is 5.41 Å². The molecule has 2 atom stereocenters. The van der Waals surface area contributed by atoms with E-state index in [2.05, 4.69) is 0 Å². The van der Waals surface area contributed by atoms with Gasteiger partial charge in [0.2, 0.25) is 5.91 Å². The highest BCUT2D eigenvalue weighted by Crippen LogP contribution is 2.59. The number of amides is 1. The number of ketones is 1. The van der Waals surface area contributed by atoms with Gasteiger partial charge in [0, 0.05) is 24.1 Å². The summed E-state index contributed by atoms with van der Waals surface area (Å²) in [6.07, 6.45) is -0.00509. The number of fused-ring (bicyclic) bond motifs is 3. The van der Waals surface area contributed by atoms with Crippen LogP contribution < -0.4 is 0 Å². The Morgan fingerprint density at radius 3 is 2.39 bits per heavy atom. The number of likely N-dealkylation sites (tertiary alicyclic amines) is 1. The minimum atomic E-state index is -1.62. The second-order valence-electron chi connectivity index (χ2n) is 6.13. The lowest BCUT2D eigenvalue weighted by Crippen LogP contribution is -2.53. The largest absolute Gasteiger partial charge is 0.366 e. The maximum Gasteiger partial charge on any atom is 0.226 e. The molecular formula is C19H17NO3. The van der Waals surface area contributed by atoms with Crippen LogP contribution in [-0.4, -0.2) is 28.2 Å². The fourth-order valence-electron chi connectivity index (χ4n) is 4.25. The number of carbonyl (C=O) groups excluding carboxylic acids is 2. The van der Waals surface area contributed by atoms with E-state index < -0.39 is 11.1 Å². The van der Waals surface area contributed by atoms with Crippen LogP contribution in [-0.2, 0) is 15.9 Å². The van der Waals surface area contributed by atoms with Crippen LogP contribution in [0.2, 0.25) is 0 Å². The summed E-state index contributed by atoms with van der Waals surface area (Å²) >= 11 is 0. The summed E-state index contributed by atoms with van der Waals surface area (Å²) in [6, 6.07) is 16.2. The number of benzene rings is 2. The number of hydrogen-bond donors (Lipinski definition) is 1. The van der Waals surface area contributed by atoms with Gasteiger partial charge in [-0.1, -0.05) is 54.6 Å². The summed E-state index contributed by atoms with van der Waals surface area (Å²) in [6.45, 7) is 2.17. The molecule has 116 valence electrons. The number of likely N-dealkylation sites (N-methyl/N-ethyl adjacent to an activating group) is 1. The van der Waals surface area contributed by atoms with E-state index in [9.17, 15) is 14.7 Å².